The number of halogens is 2. The van der Waals surface area contributed by atoms with Crippen LogP contribution in [0.2, 0.25) is 10.0 Å². The van der Waals surface area contributed by atoms with Crippen molar-refractivity contribution in [2.75, 3.05) is 0 Å². The average Bonchev–Trinajstić information content (AvgIpc) is 2.53. The predicted octanol–water partition coefficient (Wildman–Crippen LogP) is 6.40. The lowest BCUT2D eigenvalue weighted by Gasteiger charge is -2.19. The van der Waals surface area contributed by atoms with Crippen molar-refractivity contribution in [3.8, 4) is 0 Å². The summed E-state index contributed by atoms with van der Waals surface area (Å²) in [4.78, 5) is 0. The Hall–Kier alpha value is -1.02. The molecule has 0 amide bonds. The first-order valence-electron chi connectivity index (χ1n) is 8.52. The van der Waals surface area contributed by atoms with Crippen LogP contribution < -0.4 is 5.32 Å². The Kier molecular flexibility index (Phi) is 6.74. The molecule has 0 fully saturated rings. The molecule has 24 heavy (non-hydrogen) atoms. The zero-order chi connectivity index (χ0) is 17.7. The Bertz CT molecular complexity index is 657. The third kappa shape index (κ3) is 5.81. The third-order valence-corrected chi connectivity index (χ3v) is 5.06. The van der Waals surface area contributed by atoms with Crippen molar-refractivity contribution in [3.63, 3.8) is 0 Å². The van der Waals surface area contributed by atoms with Crippen molar-refractivity contribution in [2.24, 2.45) is 0 Å². The number of aryl methyl sites for hydroxylation is 1. The highest BCUT2D eigenvalue weighted by Crippen LogP contribution is 2.24. The molecule has 3 heteroatoms. The fourth-order valence-corrected chi connectivity index (χ4v) is 2.92. The van der Waals surface area contributed by atoms with E-state index in [9.17, 15) is 0 Å². The molecule has 2 rings (SSSR count). The molecule has 1 N–H and O–H groups in total. The van der Waals surface area contributed by atoms with Crippen molar-refractivity contribution in [2.45, 2.75) is 58.5 Å². The molecule has 2 aromatic carbocycles. The van der Waals surface area contributed by atoms with E-state index >= 15 is 0 Å². The van der Waals surface area contributed by atoms with Gasteiger partial charge in [0.15, 0.2) is 0 Å². The molecular formula is C21H27Cl2N. The average molecular weight is 364 g/mol. The smallest absolute Gasteiger partial charge is 0.0595 e. The van der Waals surface area contributed by atoms with Crippen molar-refractivity contribution in [1.29, 1.82) is 0 Å². The SMILES string of the molecule is CC(CCc1ccc(Cl)c(Cl)c1)NCc1ccc(C(C)(C)C)cc1. The summed E-state index contributed by atoms with van der Waals surface area (Å²) in [5, 5.41) is 4.84. The first-order valence-corrected chi connectivity index (χ1v) is 9.28. The number of hydrogen-bond donors (Lipinski definition) is 1. The fourth-order valence-electron chi connectivity index (χ4n) is 2.60. The Balaban J connectivity index is 1.80. The Labute approximate surface area is 156 Å². The van der Waals surface area contributed by atoms with E-state index in [0.29, 0.717) is 16.1 Å². The minimum absolute atomic E-state index is 0.207. The lowest BCUT2D eigenvalue weighted by Crippen LogP contribution is -2.26. The van der Waals surface area contributed by atoms with Gasteiger partial charge in [-0.2, -0.15) is 0 Å². The molecular weight excluding hydrogens is 337 g/mol. The quantitative estimate of drug-likeness (QED) is 0.625. The van der Waals surface area contributed by atoms with E-state index in [4.69, 9.17) is 23.2 Å². The van der Waals surface area contributed by atoms with Crippen LogP contribution in [0.4, 0.5) is 0 Å². The largest absolute Gasteiger partial charge is 0.310 e. The van der Waals surface area contributed by atoms with Gasteiger partial charge in [0.25, 0.3) is 0 Å². The molecule has 2 aromatic rings. The normalized spacial score (nSPS) is 13.1. The second kappa shape index (κ2) is 8.38. The molecule has 0 radical (unpaired) electrons. The summed E-state index contributed by atoms with van der Waals surface area (Å²) in [6, 6.07) is 15.2. The van der Waals surface area contributed by atoms with Gasteiger partial charge in [-0.1, -0.05) is 74.3 Å². The summed E-state index contributed by atoms with van der Waals surface area (Å²) < 4.78 is 0. The molecule has 0 aliphatic rings. The van der Waals surface area contributed by atoms with Crippen molar-refractivity contribution < 1.29 is 0 Å². The molecule has 0 spiro atoms. The van der Waals surface area contributed by atoms with Gasteiger partial charge in [0.05, 0.1) is 10.0 Å². The standard InChI is InChI=1S/C21H27Cl2N/c1-15(5-6-16-9-12-19(22)20(23)13-16)24-14-17-7-10-18(11-8-17)21(2,3)4/h7-13,15,24H,5-6,14H2,1-4H3. The van der Waals surface area contributed by atoms with Crippen LogP contribution in [-0.4, -0.2) is 6.04 Å². The third-order valence-electron chi connectivity index (χ3n) is 4.32. The maximum absolute atomic E-state index is 6.07. The van der Waals surface area contributed by atoms with Crippen LogP contribution in [0, 0.1) is 0 Å². The lowest BCUT2D eigenvalue weighted by atomic mass is 9.87. The van der Waals surface area contributed by atoms with Crippen molar-refractivity contribution >= 4 is 23.2 Å². The zero-order valence-corrected chi connectivity index (χ0v) is 16.5. The monoisotopic (exact) mass is 363 g/mol. The summed E-state index contributed by atoms with van der Waals surface area (Å²) in [6.45, 7) is 9.84. The molecule has 0 bridgehead atoms. The topological polar surface area (TPSA) is 12.0 Å². The predicted molar refractivity (Wildman–Crippen MR) is 106 cm³/mol. The van der Waals surface area contributed by atoms with E-state index in [-0.39, 0.29) is 5.41 Å². The van der Waals surface area contributed by atoms with E-state index in [0.717, 1.165) is 19.4 Å². The highest BCUT2D eigenvalue weighted by Gasteiger charge is 2.12. The number of nitrogens with one attached hydrogen (secondary N) is 1. The minimum atomic E-state index is 0.207. The summed E-state index contributed by atoms with van der Waals surface area (Å²) in [5.41, 5.74) is 4.13. The van der Waals surface area contributed by atoms with E-state index < -0.39 is 0 Å². The fraction of sp³-hybridized carbons (Fsp3) is 0.429. The molecule has 0 saturated heterocycles. The van der Waals surface area contributed by atoms with Gasteiger partial charge in [0.2, 0.25) is 0 Å². The van der Waals surface area contributed by atoms with E-state index in [1.165, 1.54) is 16.7 Å². The highest BCUT2D eigenvalue weighted by atomic mass is 35.5. The molecule has 0 aliphatic heterocycles. The maximum Gasteiger partial charge on any atom is 0.0595 e. The van der Waals surface area contributed by atoms with E-state index in [1.807, 2.05) is 18.2 Å². The molecule has 1 nitrogen and oxygen atoms in total. The van der Waals surface area contributed by atoms with Crippen LogP contribution in [-0.2, 0) is 18.4 Å². The van der Waals surface area contributed by atoms with Crippen LogP contribution in [0.25, 0.3) is 0 Å². The van der Waals surface area contributed by atoms with E-state index in [1.54, 1.807) is 0 Å². The first-order chi connectivity index (χ1) is 11.3. The number of rotatable bonds is 6. The van der Waals surface area contributed by atoms with Gasteiger partial charge < -0.3 is 5.32 Å². The van der Waals surface area contributed by atoms with Crippen LogP contribution in [0.3, 0.4) is 0 Å². The lowest BCUT2D eigenvalue weighted by molar-refractivity contribution is 0.513. The van der Waals surface area contributed by atoms with Gasteiger partial charge in [-0.05, 0) is 54.0 Å². The van der Waals surface area contributed by atoms with Crippen LogP contribution >= 0.6 is 23.2 Å². The van der Waals surface area contributed by atoms with Gasteiger partial charge in [0, 0.05) is 12.6 Å². The van der Waals surface area contributed by atoms with Gasteiger partial charge in [0.1, 0.15) is 0 Å². The Morgan fingerprint density at radius 1 is 0.917 bits per heavy atom. The minimum Gasteiger partial charge on any atom is -0.310 e. The summed E-state index contributed by atoms with van der Waals surface area (Å²) in [5.74, 6) is 0. The van der Waals surface area contributed by atoms with Crippen LogP contribution in [0.5, 0.6) is 0 Å². The van der Waals surface area contributed by atoms with Crippen molar-refractivity contribution in [1.82, 2.24) is 5.32 Å². The maximum atomic E-state index is 6.07. The molecule has 0 aliphatic carbocycles. The number of hydrogen-bond acceptors (Lipinski definition) is 1. The molecule has 1 atom stereocenters. The zero-order valence-electron chi connectivity index (χ0n) is 15.0. The second-order valence-corrected chi connectivity index (χ2v) is 8.33. The first kappa shape index (κ1) is 19.3. The Morgan fingerprint density at radius 3 is 2.12 bits per heavy atom. The highest BCUT2D eigenvalue weighted by molar-refractivity contribution is 6.42. The summed E-state index contributed by atoms with van der Waals surface area (Å²) in [7, 11) is 0. The Morgan fingerprint density at radius 2 is 1.54 bits per heavy atom. The molecule has 130 valence electrons. The van der Waals surface area contributed by atoms with Gasteiger partial charge in [-0.3, -0.25) is 0 Å². The summed E-state index contributed by atoms with van der Waals surface area (Å²) >= 11 is 12.0. The summed E-state index contributed by atoms with van der Waals surface area (Å²) in [6.07, 6.45) is 2.06. The van der Waals surface area contributed by atoms with Crippen LogP contribution in [0.1, 0.15) is 50.8 Å². The number of benzene rings is 2. The van der Waals surface area contributed by atoms with Crippen LogP contribution in [0.15, 0.2) is 42.5 Å². The van der Waals surface area contributed by atoms with Gasteiger partial charge in [-0.15, -0.1) is 0 Å². The molecule has 0 heterocycles. The van der Waals surface area contributed by atoms with E-state index in [2.05, 4.69) is 57.3 Å². The molecule has 1 unspecified atom stereocenters. The van der Waals surface area contributed by atoms with Crippen molar-refractivity contribution in [3.05, 3.63) is 69.2 Å². The second-order valence-electron chi connectivity index (χ2n) is 7.52. The molecule has 0 aromatic heterocycles. The molecule has 0 saturated carbocycles. The van der Waals surface area contributed by atoms with Gasteiger partial charge in [-0.25, -0.2) is 0 Å². The van der Waals surface area contributed by atoms with Gasteiger partial charge >= 0.3 is 0 Å².